The molecule has 0 fully saturated rings. The van der Waals surface area contributed by atoms with Gasteiger partial charge in [0.15, 0.2) is 5.82 Å². The number of hydrogen-bond acceptors (Lipinski definition) is 5. The summed E-state index contributed by atoms with van der Waals surface area (Å²) >= 11 is 0. The Morgan fingerprint density at radius 2 is 2.25 bits per heavy atom. The minimum atomic E-state index is -0.0996. The average Bonchev–Trinajstić information content (AvgIpc) is 3.24. The van der Waals surface area contributed by atoms with E-state index >= 15 is 0 Å². The number of hydrogen-bond donors (Lipinski definition) is 1. The van der Waals surface area contributed by atoms with Crippen LogP contribution in [0.25, 0.3) is 5.69 Å². The Hall–Kier alpha value is -2.96. The van der Waals surface area contributed by atoms with E-state index in [1.54, 1.807) is 17.8 Å². The third-order valence-corrected chi connectivity index (χ3v) is 3.65. The van der Waals surface area contributed by atoms with Gasteiger partial charge >= 0.3 is 0 Å². The van der Waals surface area contributed by atoms with Crippen LogP contribution in [0.1, 0.15) is 36.7 Å². The molecule has 0 saturated heterocycles. The second-order valence-corrected chi connectivity index (χ2v) is 5.57. The molecule has 7 nitrogen and oxygen atoms in total. The highest BCUT2D eigenvalue weighted by atomic mass is 16.5. The van der Waals surface area contributed by atoms with E-state index in [1.165, 1.54) is 0 Å². The fraction of sp³-hybridized carbons (Fsp3) is 0.294. The molecule has 0 unspecified atom stereocenters. The van der Waals surface area contributed by atoms with Crippen molar-refractivity contribution >= 4 is 5.91 Å². The first kappa shape index (κ1) is 15.9. The summed E-state index contributed by atoms with van der Waals surface area (Å²) in [5.41, 5.74) is 1.98. The molecular formula is C17H19N5O2. The van der Waals surface area contributed by atoms with Crippen molar-refractivity contribution < 1.29 is 9.32 Å². The van der Waals surface area contributed by atoms with Gasteiger partial charge in [0.2, 0.25) is 11.8 Å². The number of nitrogens with zero attached hydrogens (tertiary/aromatic N) is 4. The van der Waals surface area contributed by atoms with E-state index in [9.17, 15) is 4.79 Å². The lowest BCUT2D eigenvalue weighted by molar-refractivity contribution is -0.121. The van der Waals surface area contributed by atoms with Gasteiger partial charge in [-0.3, -0.25) is 4.79 Å². The van der Waals surface area contributed by atoms with Gasteiger partial charge in [-0.1, -0.05) is 17.3 Å². The van der Waals surface area contributed by atoms with Crippen molar-refractivity contribution in [1.29, 1.82) is 0 Å². The summed E-state index contributed by atoms with van der Waals surface area (Å²) in [7, 11) is 0. The average molecular weight is 325 g/mol. The summed E-state index contributed by atoms with van der Waals surface area (Å²) in [5.74, 6) is 1.01. The molecule has 3 aromatic rings. The molecule has 24 heavy (non-hydrogen) atoms. The van der Waals surface area contributed by atoms with Crippen LogP contribution in [0.2, 0.25) is 0 Å². The fourth-order valence-corrected chi connectivity index (χ4v) is 2.42. The van der Waals surface area contributed by atoms with Crippen LogP contribution in [0.15, 0.2) is 47.2 Å². The van der Waals surface area contributed by atoms with E-state index in [1.807, 2.05) is 43.5 Å². The van der Waals surface area contributed by atoms with Gasteiger partial charge in [-0.15, -0.1) is 0 Å². The SMILES string of the molecule is Cc1noc(CCC(=O)N[C@@H](C)c2cccc(-n3cccn3)c2)n1. The molecule has 7 heteroatoms. The van der Waals surface area contributed by atoms with Crippen LogP contribution in [0.3, 0.4) is 0 Å². The standard InChI is InChI=1S/C17H19N5O2/c1-12(19-16(23)7-8-17-20-13(2)21-24-17)14-5-3-6-15(11-14)22-10-4-9-18-22/h3-6,9-12H,7-8H2,1-2H3,(H,19,23)/t12-/m0/s1. The van der Waals surface area contributed by atoms with E-state index in [0.717, 1.165) is 11.3 Å². The van der Waals surface area contributed by atoms with Crippen molar-refractivity contribution in [1.82, 2.24) is 25.2 Å². The topological polar surface area (TPSA) is 85.8 Å². The molecule has 2 aromatic heterocycles. The van der Waals surface area contributed by atoms with Crippen molar-refractivity contribution in [3.63, 3.8) is 0 Å². The lowest BCUT2D eigenvalue weighted by atomic mass is 10.1. The second-order valence-electron chi connectivity index (χ2n) is 5.57. The van der Waals surface area contributed by atoms with Gasteiger partial charge in [0.1, 0.15) is 0 Å². The minimum Gasteiger partial charge on any atom is -0.350 e. The number of carbonyl (C=O) groups is 1. The predicted octanol–water partition coefficient (Wildman–Crippen LogP) is 2.37. The molecule has 0 saturated carbocycles. The summed E-state index contributed by atoms with van der Waals surface area (Å²) in [6.45, 7) is 3.71. The molecule has 0 aliphatic heterocycles. The van der Waals surface area contributed by atoms with Gasteiger partial charge < -0.3 is 9.84 Å². The molecule has 0 bridgehead atoms. The van der Waals surface area contributed by atoms with Crippen LogP contribution in [0, 0.1) is 6.92 Å². The highest BCUT2D eigenvalue weighted by Gasteiger charge is 2.12. The second kappa shape index (κ2) is 7.08. The Labute approximate surface area is 139 Å². The molecule has 3 rings (SSSR count). The number of nitrogens with one attached hydrogen (secondary N) is 1. The fourth-order valence-electron chi connectivity index (χ4n) is 2.42. The first-order valence-electron chi connectivity index (χ1n) is 7.80. The van der Waals surface area contributed by atoms with E-state index in [2.05, 4.69) is 20.6 Å². The van der Waals surface area contributed by atoms with Crippen molar-refractivity contribution in [3.05, 3.63) is 60.0 Å². The van der Waals surface area contributed by atoms with Gasteiger partial charge in [0, 0.05) is 25.2 Å². The van der Waals surface area contributed by atoms with Gasteiger partial charge in [0.25, 0.3) is 0 Å². The molecule has 1 aromatic carbocycles. The van der Waals surface area contributed by atoms with Crippen molar-refractivity contribution in [2.45, 2.75) is 32.7 Å². The number of aromatic nitrogens is 4. The first-order chi connectivity index (χ1) is 11.6. The molecule has 1 N–H and O–H groups in total. The van der Waals surface area contributed by atoms with Crippen LogP contribution < -0.4 is 5.32 Å². The van der Waals surface area contributed by atoms with Crippen LogP contribution in [0.4, 0.5) is 0 Å². The number of carbonyl (C=O) groups excluding carboxylic acids is 1. The molecular weight excluding hydrogens is 306 g/mol. The number of aryl methyl sites for hydroxylation is 2. The van der Waals surface area contributed by atoms with Gasteiger partial charge in [-0.25, -0.2) is 4.68 Å². The van der Waals surface area contributed by atoms with Crippen LogP contribution in [-0.2, 0) is 11.2 Å². The Balaban J connectivity index is 1.59. The summed E-state index contributed by atoms with van der Waals surface area (Å²) in [5, 5.41) is 10.9. The maximum atomic E-state index is 12.1. The normalized spacial score (nSPS) is 12.1. The highest BCUT2D eigenvalue weighted by molar-refractivity contribution is 5.76. The largest absolute Gasteiger partial charge is 0.350 e. The predicted molar refractivity (Wildman–Crippen MR) is 87.5 cm³/mol. The highest BCUT2D eigenvalue weighted by Crippen LogP contribution is 2.16. The minimum absolute atomic E-state index is 0.0529. The number of rotatable bonds is 6. The van der Waals surface area contributed by atoms with Crippen LogP contribution >= 0.6 is 0 Å². The molecule has 0 spiro atoms. The molecule has 0 aliphatic carbocycles. The lowest BCUT2D eigenvalue weighted by Crippen LogP contribution is -2.26. The zero-order chi connectivity index (χ0) is 16.9. The zero-order valence-corrected chi connectivity index (χ0v) is 13.6. The maximum Gasteiger partial charge on any atom is 0.227 e. The van der Waals surface area contributed by atoms with E-state index in [0.29, 0.717) is 24.6 Å². The van der Waals surface area contributed by atoms with Crippen LogP contribution in [-0.4, -0.2) is 25.8 Å². The first-order valence-corrected chi connectivity index (χ1v) is 7.80. The number of amides is 1. The van der Waals surface area contributed by atoms with E-state index < -0.39 is 0 Å². The lowest BCUT2D eigenvalue weighted by Gasteiger charge is -2.15. The summed E-state index contributed by atoms with van der Waals surface area (Å²) in [6, 6.07) is 9.70. The maximum absolute atomic E-state index is 12.1. The molecule has 0 aliphatic rings. The van der Waals surface area contributed by atoms with E-state index in [-0.39, 0.29) is 11.9 Å². The van der Waals surface area contributed by atoms with Gasteiger partial charge in [-0.2, -0.15) is 10.1 Å². The van der Waals surface area contributed by atoms with Gasteiger partial charge in [-0.05, 0) is 37.6 Å². The van der Waals surface area contributed by atoms with Crippen molar-refractivity contribution in [2.75, 3.05) is 0 Å². The Morgan fingerprint density at radius 1 is 1.38 bits per heavy atom. The zero-order valence-electron chi connectivity index (χ0n) is 13.6. The molecule has 124 valence electrons. The quantitative estimate of drug-likeness (QED) is 0.752. The Kier molecular flexibility index (Phi) is 4.69. The van der Waals surface area contributed by atoms with Crippen LogP contribution in [0.5, 0.6) is 0 Å². The molecule has 0 radical (unpaired) electrons. The summed E-state index contributed by atoms with van der Waals surface area (Å²) in [4.78, 5) is 16.2. The molecule has 2 heterocycles. The Bertz CT molecular complexity index is 810. The Morgan fingerprint density at radius 3 is 2.96 bits per heavy atom. The summed E-state index contributed by atoms with van der Waals surface area (Å²) < 4.78 is 6.80. The monoisotopic (exact) mass is 325 g/mol. The number of benzene rings is 1. The summed E-state index contributed by atoms with van der Waals surface area (Å²) in [6.07, 6.45) is 4.36. The molecule has 1 atom stereocenters. The van der Waals surface area contributed by atoms with Gasteiger partial charge in [0.05, 0.1) is 11.7 Å². The van der Waals surface area contributed by atoms with E-state index in [4.69, 9.17) is 4.52 Å². The third kappa shape index (κ3) is 3.87. The van der Waals surface area contributed by atoms with Crippen molar-refractivity contribution in [2.24, 2.45) is 0 Å². The smallest absolute Gasteiger partial charge is 0.227 e. The third-order valence-electron chi connectivity index (χ3n) is 3.65. The molecule has 1 amide bonds. The van der Waals surface area contributed by atoms with Crippen molar-refractivity contribution in [3.8, 4) is 5.69 Å².